The maximum Gasteiger partial charge on any atom is 0.216 e. The molecule has 2 aromatic rings. The second-order valence-corrected chi connectivity index (χ2v) is 4.28. The Hall–Kier alpha value is -1.95. The number of nitrogens with one attached hydrogen (secondary N) is 1. The fourth-order valence-electron chi connectivity index (χ4n) is 1.96. The fourth-order valence-corrected chi connectivity index (χ4v) is 1.96. The fraction of sp³-hybridized carbons (Fsp3) is 0.462. The smallest absolute Gasteiger partial charge is 0.216 e. The Morgan fingerprint density at radius 1 is 1.42 bits per heavy atom. The Morgan fingerprint density at radius 2 is 2.26 bits per heavy atom. The van der Waals surface area contributed by atoms with E-state index in [1.54, 1.807) is 11.8 Å². The van der Waals surface area contributed by atoms with Crippen LogP contribution in [-0.4, -0.2) is 33.4 Å². The van der Waals surface area contributed by atoms with E-state index in [0.29, 0.717) is 5.88 Å². The average molecular weight is 261 g/mol. The number of nitrogens with zero attached hydrogens (tertiary/aromatic N) is 4. The minimum absolute atomic E-state index is 0.108. The highest BCUT2D eigenvalue weighted by Crippen LogP contribution is 2.18. The average Bonchev–Trinajstić information content (AvgIpc) is 2.84. The van der Waals surface area contributed by atoms with Crippen LogP contribution in [0.1, 0.15) is 24.4 Å². The number of aromatic nitrogens is 4. The Labute approximate surface area is 112 Å². The summed E-state index contributed by atoms with van der Waals surface area (Å²) in [6.07, 6.45) is 4.25. The molecule has 2 heterocycles. The highest BCUT2D eigenvalue weighted by molar-refractivity contribution is 5.18. The second kappa shape index (κ2) is 6.29. The van der Waals surface area contributed by atoms with Gasteiger partial charge in [-0.1, -0.05) is 6.92 Å². The lowest BCUT2D eigenvalue weighted by Crippen LogP contribution is -2.24. The van der Waals surface area contributed by atoms with E-state index in [4.69, 9.17) is 4.74 Å². The summed E-state index contributed by atoms with van der Waals surface area (Å²) < 4.78 is 6.94. The molecule has 6 heteroatoms. The standard InChI is InChI=1S/C13H19N5O/c1-4-14-11(7-10-5-6-18(2)17-10)12-8-13(19-3)16-9-15-12/h5-6,8-9,11,14H,4,7H2,1-3H3. The lowest BCUT2D eigenvalue weighted by atomic mass is 10.1. The maximum atomic E-state index is 5.14. The molecule has 1 unspecified atom stereocenters. The Bertz CT molecular complexity index is 525. The van der Waals surface area contributed by atoms with Crippen LogP contribution in [0.4, 0.5) is 0 Å². The molecule has 0 aliphatic rings. The lowest BCUT2D eigenvalue weighted by Gasteiger charge is -2.16. The van der Waals surface area contributed by atoms with Crippen LogP contribution in [0.2, 0.25) is 0 Å². The first-order chi connectivity index (χ1) is 9.22. The molecule has 0 aromatic carbocycles. The summed E-state index contributed by atoms with van der Waals surface area (Å²) in [5, 5.41) is 7.82. The van der Waals surface area contributed by atoms with Crippen LogP contribution < -0.4 is 10.1 Å². The number of aryl methyl sites for hydroxylation is 1. The molecule has 0 saturated carbocycles. The van der Waals surface area contributed by atoms with Gasteiger partial charge >= 0.3 is 0 Å². The lowest BCUT2D eigenvalue weighted by molar-refractivity contribution is 0.393. The summed E-state index contributed by atoms with van der Waals surface area (Å²) in [5.74, 6) is 0.578. The van der Waals surface area contributed by atoms with Crippen molar-refractivity contribution in [3.63, 3.8) is 0 Å². The molecule has 0 saturated heterocycles. The zero-order valence-corrected chi connectivity index (χ0v) is 11.5. The summed E-state index contributed by atoms with van der Waals surface area (Å²) in [6, 6.07) is 3.98. The van der Waals surface area contributed by atoms with Gasteiger partial charge in [-0.05, 0) is 12.6 Å². The van der Waals surface area contributed by atoms with Crippen LogP contribution >= 0.6 is 0 Å². The summed E-state index contributed by atoms with van der Waals surface area (Å²) in [6.45, 7) is 2.94. The van der Waals surface area contributed by atoms with Crippen LogP contribution in [0.25, 0.3) is 0 Å². The van der Waals surface area contributed by atoms with Gasteiger partial charge in [0, 0.05) is 25.7 Å². The third kappa shape index (κ3) is 3.51. The topological polar surface area (TPSA) is 64.9 Å². The minimum Gasteiger partial charge on any atom is -0.481 e. The van der Waals surface area contributed by atoms with Crippen LogP contribution in [0.5, 0.6) is 5.88 Å². The van der Waals surface area contributed by atoms with Crippen molar-refractivity contribution in [3.8, 4) is 5.88 Å². The predicted octanol–water partition coefficient (Wildman–Crippen LogP) is 1.11. The van der Waals surface area contributed by atoms with Crippen molar-refractivity contribution in [2.75, 3.05) is 13.7 Å². The monoisotopic (exact) mass is 261 g/mol. The summed E-state index contributed by atoms with van der Waals surface area (Å²) in [5.41, 5.74) is 1.95. The van der Waals surface area contributed by atoms with Crippen molar-refractivity contribution in [3.05, 3.63) is 36.0 Å². The molecule has 19 heavy (non-hydrogen) atoms. The van der Waals surface area contributed by atoms with Gasteiger partial charge in [-0.2, -0.15) is 5.10 Å². The summed E-state index contributed by atoms with van der Waals surface area (Å²) in [4.78, 5) is 8.35. The highest BCUT2D eigenvalue weighted by Gasteiger charge is 2.15. The Kier molecular flexibility index (Phi) is 4.46. The van der Waals surface area contributed by atoms with Crippen molar-refractivity contribution in [1.82, 2.24) is 25.1 Å². The summed E-state index contributed by atoms with van der Waals surface area (Å²) >= 11 is 0. The molecule has 0 amide bonds. The normalized spacial score (nSPS) is 12.4. The highest BCUT2D eigenvalue weighted by atomic mass is 16.5. The first-order valence-electron chi connectivity index (χ1n) is 6.30. The molecule has 0 radical (unpaired) electrons. The first-order valence-corrected chi connectivity index (χ1v) is 6.30. The van der Waals surface area contributed by atoms with Gasteiger partial charge in [0.1, 0.15) is 6.33 Å². The van der Waals surface area contributed by atoms with E-state index in [2.05, 4.69) is 27.3 Å². The largest absolute Gasteiger partial charge is 0.481 e. The zero-order chi connectivity index (χ0) is 13.7. The van der Waals surface area contributed by atoms with E-state index in [1.165, 1.54) is 6.33 Å². The molecule has 0 aliphatic heterocycles. The molecule has 1 atom stereocenters. The first kappa shape index (κ1) is 13.5. The molecule has 0 aliphatic carbocycles. The number of likely N-dealkylation sites (N-methyl/N-ethyl adjacent to an activating group) is 1. The van der Waals surface area contributed by atoms with E-state index >= 15 is 0 Å². The molecular formula is C13H19N5O. The quantitative estimate of drug-likeness (QED) is 0.844. The molecule has 0 fully saturated rings. The van der Waals surface area contributed by atoms with Gasteiger partial charge in [0.15, 0.2) is 0 Å². The van der Waals surface area contributed by atoms with Crippen molar-refractivity contribution < 1.29 is 4.74 Å². The molecule has 102 valence electrons. The van der Waals surface area contributed by atoms with Crippen molar-refractivity contribution in [2.45, 2.75) is 19.4 Å². The number of ether oxygens (including phenoxy) is 1. The molecular weight excluding hydrogens is 242 g/mol. The van der Waals surface area contributed by atoms with Gasteiger partial charge in [-0.25, -0.2) is 9.97 Å². The van der Waals surface area contributed by atoms with Gasteiger partial charge in [0.25, 0.3) is 0 Å². The molecule has 0 bridgehead atoms. The van der Waals surface area contributed by atoms with Gasteiger partial charge in [-0.3, -0.25) is 4.68 Å². The molecule has 2 rings (SSSR count). The van der Waals surface area contributed by atoms with Gasteiger partial charge < -0.3 is 10.1 Å². The van der Waals surface area contributed by atoms with E-state index in [0.717, 1.165) is 24.4 Å². The second-order valence-electron chi connectivity index (χ2n) is 4.28. The van der Waals surface area contributed by atoms with E-state index in [-0.39, 0.29) is 6.04 Å². The number of methoxy groups -OCH3 is 1. The summed E-state index contributed by atoms with van der Waals surface area (Å²) in [7, 11) is 3.52. The number of rotatable bonds is 6. The number of hydrogen-bond acceptors (Lipinski definition) is 5. The van der Waals surface area contributed by atoms with Crippen LogP contribution in [0, 0.1) is 0 Å². The molecule has 2 aromatic heterocycles. The minimum atomic E-state index is 0.108. The van der Waals surface area contributed by atoms with Crippen molar-refractivity contribution in [2.24, 2.45) is 7.05 Å². The third-order valence-corrected chi connectivity index (χ3v) is 2.86. The van der Waals surface area contributed by atoms with E-state index < -0.39 is 0 Å². The van der Waals surface area contributed by atoms with Gasteiger partial charge in [0.2, 0.25) is 5.88 Å². The zero-order valence-electron chi connectivity index (χ0n) is 11.5. The Morgan fingerprint density at radius 3 is 2.89 bits per heavy atom. The van der Waals surface area contributed by atoms with E-state index in [9.17, 15) is 0 Å². The Balaban J connectivity index is 2.18. The van der Waals surface area contributed by atoms with Crippen LogP contribution in [0.15, 0.2) is 24.7 Å². The SMILES string of the molecule is CCNC(Cc1ccn(C)n1)c1cc(OC)ncn1. The van der Waals surface area contributed by atoms with Crippen LogP contribution in [-0.2, 0) is 13.5 Å². The molecule has 6 nitrogen and oxygen atoms in total. The predicted molar refractivity (Wildman–Crippen MR) is 71.9 cm³/mol. The third-order valence-electron chi connectivity index (χ3n) is 2.86. The van der Waals surface area contributed by atoms with Crippen molar-refractivity contribution >= 4 is 0 Å². The molecule has 0 spiro atoms. The number of hydrogen-bond donors (Lipinski definition) is 1. The van der Waals surface area contributed by atoms with E-state index in [1.807, 2.05) is 25.4 Å². The maximum absolute atomic E-state index is 5.14. The van der Waals surface area contributed by atoms with Crippen LogP contribution in [0.3, 0.4) is 0 Å². The van der Waals surface area contributed by atoms with Gasteiger partial charge in [0.05, 0.1) is 24.5 Å². The van der Waals surface area contributed by atoms with Crippen molar-refractivity contribution in [1.29, 1.82) is 0 Å². The van der Waals surface area contributed by atoms with Gasteiger partial charge in [-0.15, -0.1) is 0 Å². The molecule has 1 N–H and O–H groups in total.